The maximum Gasteiger partial charge on any atom is 0.397 e. The number of nitrogens with two attached hydrogens (primary N) is 2. The number of hydrazone groups is 1. The molecule has 12 heteroatoms. The third-order valence-corrected chi connectivity index (χ3v) is 7.74. The molecular weight excluding hydrogens is 559 g/mol. The Morgan fingerprint density at radius 1 is 1.09 bits per heavy atom. The molecule has 2 aliphatic rings. The van der Waals surface area contributed by atoms with E-state index in [0.717, 1.165) is 44.2 Å². The van der Waals surface area contributed by atoms with Gasteiger partial charge in [0.25, 0.3) is 5.91 Å². The monoisotopic (exact) mass is 594 g/mol. The summed E-state index contributed by atoms with van der Waals surface area (Å²) >= 11 is 0. The van der Waals surface area contributed by atoms with Crippen LogP contribution in [0.2, 0.25) is 0 Å². The molecule has 6 N–H and O–H groups in total. The minimum absolute atomic E-state index is 0.0854. The van der Waals surface area contributed by atoms with Gasteiger partial charge in [0.15, 0.2) is 0 Å². The van der Waals surface area contributed by atoms with Gasteiger partial charge in [-0.3, -0.25) is 15.0 Å². The molecule has 1 unspecified atom stereocenters. The summed E-state index contributed by atoms with van der Waals surface area (Å²) in [7, 11) is 0. The zero-order valence-corrected chi connectivity index (χ0v) is 24.0. The predicted molar refractivity (Wildman–Crippen MR) is 158 cm³/mol. The number of carbonyl (C=O) groups is 2. The smallest absolute Gasteiger partial charge is 0.320 e. The second-order valence-corrected chi connectivity index (χ2v) is 10.9. The van der Waals surface area contributed by atoms with E-state index < -0.39 is 30.0 Å². The third-order valence-electron chi connectivity index (χ3n) is 7.74. The van der Waals surface area contributed by atoms with E-state index in [0.29, 0.717) is 16.8 Å². The van der Waals surface area contributed by atoms with Gasteiger partial charge in [0.1, 0.15) is 0 Å². The van der Waals surface area contributed by atoms with Gasteiger partial charge in [-0.15, -0.1) is 10.6 Å². The lowest BCUT2D eigenvalue weighted by atomic mass is 9.79. The average molecular weight is 595 g/mol. The number of alkyl halides is 3. The van der Waals surface area contributed by atoms with Crippen molar-refractivity contribution in [1.29, 1.82) is 0 Å². The Labute approximate surface area is 247 Å². The number of nitrogens with one attached hydrogen (secondary N) is 2. The molecule has 0 aromatic heterocycles. The van der Waals surface area contributed by atoms with Crippen molar-refractivity contribution < 1.29 is 28.3 Å². The topological polar surface area (TPSA) is 138 Å². The summed E-state index contributed by atoms with van der Waals surface area (Å²) < 4.78 is 41.4. The number of nitrogens with zero attached hydrogens (tertiary/aromatic N) is 3. The highest BCUT2D eigenvalue weighted by atomic mass is 19.4. The molecular formula is C31H35F3N7O2+. The van der Waals surface area contributed by atoms with Crippen LogP contribution in [0.3, 0.4) is 0 Å². The number of halogens is 3. The van der Waals surface area contributed by atoms with Crippen LogP contribution in [0.4, 0.5) is 23.7 Å². The van der Waals surface area contributed by atoms with E-state index in [1.54, 1.807) is 31.2 Å². The van der Waals surface area contributed by atoms with Crippen molar-refractivity contribution in [2.75, 3.05) is 4.90 Å². The standard InChI is InChI=1S/C31H34F3N7O2/c1-20-16-17-30(2,31(32,33)34)18-26(20)37-29(43)41(25-14-12-23(13-15-25)22-6-4-3-5-7-22)19-21-8-10-24(11-9-21)27(42)38-28(39-35)40-36/h6,8-17,35H,3-5,7,18-19,36H2,1-2H3,(H,37,43)(H,38,40,42)/p+1. The Bertz CT molecular complexity index is 1490. The second-order valence-electron chi connectivity index (χ2n) is 10.9. The lowest BCUT2D eigenvalue weighted by molar-refractivity contribution is -0.207. The van der Waals surface area contributed by atoms with Crippen LogP contribution in [-0.2, 0) is 6.54 Å². The van der Waals surface area contributed by atoms with Gasteiger partial charge in [-0.2, -0.15) is 13.2 Å². The Hall–Kier alpha value is -4.74. The van der Waals surface area contributed by atoms with Crippen LogP contribution in [-0.4, -0.2) is 24.1 Å². The van der Waals surface area contributed by atoms with Gasteiger partial charge in [-0.05, 0) is 86.1 Å². The van der Waals surface area contributed by atoms with Crippen LogP contribution in [0.5, 0.6) is 0 Å². The highest BCUT2D eigenvalue weighted by Gasteiger charge is 2.50. The maximum atomic E-state index is 13.8. The zero-order chi connectivity index (χ0) is 31.2. The molecule has 2 aromatic carbocycles. The number of guanidine groups is 1. The first-order valence-electron chi connectivity index (χ1n) is 13.9. The Balaban J connectivity index is 1.60. The molecule has 0 heterocycles. The minimum atomic E-state index is -4.48. The van der Waals surface area contributed by atoms with Crippen molar-refractivity contribution in [3.8, 4) is 0 Å². The molecule has 0 radical (unpaired) electrons. The molecule has 1 atom stereocenters. The van der Waals surface area contributed by atoms with Gasteiger partial charge in [-0.25, -0.2) is 4.79 Å². The molecule has 3 amide bonds. The lowest BCUT2D eigenvalue weighted by Gasteiger charge is -2.34. The summed E-state index contributed by atoms with van der Waals surface area (Å²) in [6.45, 7) is 2.87. The molecule has 43 heavy (non-hydrogen) atoms. The van der Waals surface area contributed by atoms with E-state index in [1.807, 2.05) is 24.3 Å². The highest BCUT2D eigenvalue weighted by molar-refractivity contribution is 6.05. The van der Waals surface area contributed by atoms with Crippen molar-refractivity contribution in [3.63, 3.8) is 0 Å². The molecule has 0 bridgehead atoms. The summed E-state index contributed by atoms with van der Waals surface area (Å²) in [6.07, 6.45) is 4.19. The molecule has 0 saturated carbocycles. The normalized spacial score (nSPS) is 19.0. The molecule has 4 rings (SSSR count). The van der Waals surface area contributed by atoms with E-state index in [-0.39, 0.29) is 23.8 Å². The largest absolute Gasteiger partial charge is 0.397 e. The van der Waals surface area contributed by atoms with E-state index in [2.05, 4.69) is 26.9 Å². The van der Waals surface area contributed by atoms with E-state index in [1.165, 1.54) is 16.5 Å². The van der Waals surface area contributed by atoms with Crippen LogP contribution in [0, 0.1) is 5.41 Å². The van der Waals surface area contributed by atoms with Gasteiger partial charge in [0, 0.05) is 28.5 Å². The van der Waals surface area contributed by atoms with Gasteiger partial charge in [-0.1, -0.05) is 42.5 Å². The summed E-state index contributed by atoms with van der Waals surface area (Å²) in [6, 6.07) is 13.4. The average Bonchev–Trinajstić information content (AvgIpc) is 3.00. The van der Waals surface area contributed by atoms with Crippen LogP contribution in [0.25, 0.3) is 5.57 Å². The summed E-state index contributed by atoms with van der Waals surface area (Å²) in [5.74, 6) is 4.35. The molecule has 226 valence electrons. The Morgan fingerprint density at radius 3 is 2.37 bits per heavy atom. The van der Waals surface area contributed by atoms with Crippen LogP contribution < -0.4 is 26.9 Å². The highest BCUT2D eigenvalue weighted by Crippen LogP contribution is 2.46. The number of carbonyl (C=O) groups excluding carboxylic acids is 2. The number of hydrogen-bond acceptors (Lipinski definition) is 4. The second kappa shape index (κ2) is 13.1. The van der Waals surface area contributed by atoms with E-state index in [9.17, 15) is 22.8 Å². The number of amides is 3. The summed E-state index contributed by atoms with van der Waals surface area (Å²) in [5.41, 5.74) is 7.63. The fourth-order valence-corrected chi connectivity index (χ4v) is 4.96. The fourth-order valence-electron chi connectivity index (χ4n) is 4.96. The third kappa shape index (κ3) is 7.37. The number of urea groups is 1. The van der Waals surface area contributed by atoms with Crippen LogP contribution in [0.1, 0.15) is 67.4 Å². The van der Waals surface area contributed by atoms with Crippen LogP contribution in [0.15, 0.2) is 88.2 Å². The van der Waals surface area contributed by atoms with Crippen molar-refractivity contribution in [2.24, 2.45) is 21.5 Å². The van der Waals surface area contributed by atoms with Gasteiger partial charge in [0.2, 0.25) is 0 Å². The predicted octanol–water partition coefficient (Wildman–Crippen LogP) is 5.33. The van der Waals surface area contributed by atoms with Gasteiger partial charge >= 0.3 is 18.2 Å². The molecule has 2 aliphatic carbocycles. The zero-order valence-electron chi connectivity index (χ0n) is 24.0. The number of benzene rings is 2. The maximum absolute atomic E-state index is 13.8. The fraction of sp³-hybridized carbons (Fsp3) is 0.323. The molecule has 0 fully saturated rings. The molecule has 0 aliphatic heterocycles. The van der Waals surface area contributed by atoms with E-state index in [4.69, 9.17) is 11.4 Å². The number of anilines is 1. The van der Waals surface area contributed by atoms with Crippen molar-refractivity contribution in [1.82, 2.24) is 10.6 Å². The minimum Gasteiger partial charge on any atom is -0.320 e. The first kappa shape index (κ1) is 31.2. The molecule has 0 saturated heterocycles. The first-order chi connectivity index (χ1) is 20.4. The molecule has 0 spiro atoms. The number of hydrogen-bond donors (Lipinski definition) is 4. The first-order valence-corrected chi connectivity index (χ1v) is 13.9. The molecule has 9 nitrogen and oxygen atoms in total. The number of allylic oxidation sites excluding steroid dienone is 6. The Kier molecular flexibility index (Phi) is 9.47. The summed E-state index contributed by atoms with van der Waals surface area (Å²) in [5, 5.41) is 11.6. The number of rotatable bonds is 6. The summed E-state index contributed by atoms with van der Waals surface area (Å²) in [4.78, 5) is 27.6. The molecule has 2 aromatic rings. The SMILES string of the molecule is CC1=C(NC(=O)N(Cc2ccc(C(=O)N/C(N=[NH2+])=N/N)cc2)c2ccc(C3=CCCCC3)cc2)CC(C)(C(F)(F)F)C=C1. The lowest BCUT2D eigenvalue weighted by Crippen LogP contribution is -2.43. The van der Waals surface area contributed by atoms with Gasteiger partial charge < -0.3 is 11.2 Å². The quantitative estimate of drug-likeness (QED) is 0.118. The van der Waals surface area contributed by atoms with Crippen LogP contribution >= 0.6 is 0 Å². The van der Waals surface area contributed by atoms with Crippen molar-refractivity contribution in [3.05, 3.63) is 94.7 Å². The van der Waals surface area contributed by atoms with Gasteiger partial charge in [0.05, 0.1) is 12.0 Å². The Morgan fingerprint density at radius 2 is 1.79 bits per heavy atom. The van der Waals surface area contributed by atoms with Crippen molar-refractivity contribution >= 4 is 29.2 Å². The van der Waals surface area contributed by atoms with Crippen molar-refractivity contribution in [2.45, 2.75) is 58.7 Å². The van der Waals surface area contributed by atoms with E-state index >= 15 is 0 Å².